The summed E-state index contributed by atoms with van der Waals surface area (Å²) in [5.41, 5.74) is 0.0131. The van der Waals surface area contributed by atoms with Crippen molar-refractivity contribution in [3.63, 3.8) is 0 Å². The van der Waals surface area contributed by atoms with Gasteiger partial charge < -0.3 is 10.2 Å². The first-order valence-electron chi connectivity index (χ1n) is 10.6. The molecule has 0 aromatic heterocycles. The van der Waals surface area contributed by atoms with Crippen LogP contribution in [-0.2, 0) is 9.59 Å². The molecule has 0 unspecified atom stereocenters. The lowest BCUT2D eigenvalue weighted by Gasteiger charge is -2.29. The number of rotatable bonds is 8. The van der Waals surface area contributed by atoms with Crippen molar-refractivity contribution in [1.29, 1.82) is 0 Å². The second-order valence-electron chi connectivity index (χ2n) is 8.58. The number of ketones is 1. The van der Waals surface area contributed by atoms with E-state index in [0.29, 0.717) is 12.0 Å². The molecule has 2 aromatic carbocycles. The third-order valence-corrected chi connectivity index (χ3v) is 5.99. The molecule has 0 bridgehead atoms. The maximum Gasteiger partial charge on any atom is 0.270 e. The van der Waals surface area contributed by atoms with E-state index in [2.05, 4.69) is 5.32 Å². The highest BCUT2D eigenvalue weighted by molar-refractivity contribution is 6.14. The number of anilines is 1. The average Bonchev–Trinajstić information content (AvgIpc) is 3.21. The number of carbonyl (C=O) groups is 3. The standard InChI is InChI=1S/C24H27N3O5/c1-26(2)22(29)16-24(12-6-7-13-24)15-21(28)25-20-11-10-18(27(31)32)14-19(20)23(30)17-8-4-3-5-9-17/h3-5,8-11,14H,6-7,12-13,15-16H2,1-2H3,(H,25,28). The van der Waals surface area contributed by atoms with Crippen molar-refractivity contribution >= 4 is 29.0 Å². The zero-order chi connectivity index (χ0) is 23.3. The molecular formula is C24H27N3O5. The molecule has 1 N–H and O–H groups in total. The maximum atomic E-state index is 13.0. The molecule has 32 heavy (non-hydrogen) atoms. The summed E-state index contributed by atoms with van der Waals surface area (Å²) in [6.07, 6.45) is 3.95. The molecule has 2 amide bonds. The number of nitrogens with one attached hydrogen (secondary N) is 1. The van der Waals surface area contributed by atoms with Crippen LogP contribution in [0.5, 0.6) is 0 Å². The van der Waals surface area contributed by atoms with Crippen molar-refractivity contribution in [2.24, 2.45) is 5.41 Å². The van der Waals surface area contributed by atoms with Gasteiger partial charge in [0.15, 0.2) is 5.78 Å². The predicted octanol–water partition coefficient (Wildman–Crippen LogP) is 4.19. The Kier molecular flexibility index (Phi) is 7.02. The van der Waals surface area contributed by atoms with Gasteiger partial charge in [-0.25, -0.2) is 0 Å². The minimum Gasteiger partial charge on any atom is -0.349 e. The second-order valence-corrected chi connectivity index (χ2v) is 8.58. The summed E-state index contributed by atoms with van der Waals surface area (Å²) in [6.45, 7) is 0. The fraction of sp³-hybridized carbons (Fsp3) is 0.375. The number of non-ortho nitro benzene ring substituents is 1. The van der Waals surface area contributed by atoms with Gasteiger partial charge in [0.05, 0.1) is 16.2 Å². The summed E-state index contributed by atoms with van der Waals surface area (Å²) in [5.74, 6) is -0.743. The topological polar surface area (TPSA) is 110 Å². The SMILES string of the molecule is CN(C)C(=O)CC1(CC(=O)Nc2ccc([N+](=O)[O-])cc2C(=O)c2ccccc2)CCCC1. The Balaban J connectivity index is 1.85. The van der Waals surface area contributed by atoms with Gasteiger partial charge >= 0.3 is 0 Å². The van der Waals surface area contributed by atoms with E-state index in [9.17, 15) is 24.5 Å². The van der Waals surface area contributed by atoms with E-state index in [1.165, 1.54) is 23.1 Å². The summed E-state index contributed by atoms with van der Waals surface area (Å²) in [4.78, 5) is 50.5. The largest absolute Gasteiger partial charge is 0.349 e. The molecule has 8 heteroatoms. The molecule has 0 atom stereocenters. The molecule has 8 nitrogen and oxygen atoms in total. The minimum absolute atomic E-state index is 0.0185. The van der Waals surface area contributed by atoms with Crippen LogP contribution in [0.2, 0.25) is 0 Å². The van der Waals surface area contributed by atoms with Crippen LogP contribution in [0.15, 0.2) is 48.5 Å². The van der Waals surface area contributed by atoms with Crippen LogP contribution in [0.3, 0.4) is 0 Å². The van der Waals surface area contributed by atoms with Crippen molar-refractivity contribution < 1.29 is 19.3 Å². The smallest absolute Gasteiger partial charge is 0.270 e. The Morgan fingerprint density at radius 2 is 1.69 bits per heavy atom. The highest BCUT2D eigenvalue weighted by atomic mass is 16.6. The van der Waals surface area contributed by atoms with Crippen molar-refractivity contribution in [2.75, 3.05) is 19.4 Å². The van der Waals surface area contributed by atoms with E-state index in [-0.39, 0.29) is 35.2 Å². The fourth-order valence-corrected chi connectivity index (χ4v) is 4.24. The Morgan fingerprint density at radius 1 is 1.03 bits per heavy atom. The monoisotopic (exact) mass is 437 g/mol. The van der Waals surface area contributed by atoms with E-state index in [4.69, 9.17) is 0 Å². The van der Waals surface area contributed by atoms with Crippen LogP contribution >= 0.6 is 0 Å². The molecule has 1 aliphatic carbocycles. The summed E-state index contributed by atoms with van der Waals surface area (Å²) >= 11 is 0. The maximum absolute atomic E-state index is 13.0. The van der Waals surface area contributed by atoms with E-state index >= 15 is 0 Å². The Hall–Kier alpha value is -3.55. The molecule has 1 aliphatic rings. The van der Waals surface area contributed by atoms with E-state index < -0.39 is 16.1 Å². The average molecular weight is 437 g/mol. The highest BCUT2D eigenvalue weighted by Crippen LogP contribution is 2.44. The molecule has 0 heterocycles. The second kappa shape index (κ2) is 9.72. The van der Waals surface area contributed by atoms with Crippen molar-refractivity contribution in [2.45, 2.75) is 38.5 Å². The first-order valence-corrected chi connectivity index (χ1v) is 10.6. The molecule has 168 valence electrons. The number of hydrogen-bond acceptors (Lipinski definition) is 5. The number of nitro groups is 1. The van der Waals surface area contributed by atoms with Crippen LogP contribution in [0.25, 0.3) is 0 Å². The van der Waals surface area contributed by atoms with Gasteiger partial charge in [-0.15, -0.1) is 0 Å². The molecule has 0 saturated heterocycles. The van der Waals surface area contributed by atoms with E-state index in [0.717, 1.165) is 25.7 Å². The lowest BCUT2D eigenvalue weighted by molar-refractivity contribution is -0.384. The van der Waals surface area contributed by atoms with Crippen LogP contribution in [0, 0.1) is 15.5 Å². The third kappa shape index (κ3) is 5.38. The van der Waals surface area contributed by atoms with E-state index in [1.807, 2.05) is 0 Å². The Labute approximate surface area is 186 Å². The third-order valence-electron chi connectivity index (χ3n) is 5.99. The van der Waals surface area contributed by atoms with Crippen molar-refractivity contribution in [1.82, 2.24) is 4.90 Å². The molecule has 0 aliphatic heterocycles. The van der Waals surface area contributed by atoms with Crippen LogP contribution in [0.4, 0.5) is 11.4 Å². The molecular weight excluding hydrogens is 410 g/mol. The lowest BCUT2D eigenvalue weighted by Crippen LogP contribution is -2.32. The Bertz CT molecular complexity index is 1030. The van der Waals surface area contributed by atoms with Gasteiger partial charge in [0.25, 0.3) is 5.69 Å². The van der Waals surface area contributed by atoms with E-state index in [1.54, 1.807) is 44.4 Å². The van der Waals surface area contributed by atoms with Gasteiger partial charge in [0.1, 0.15) is 0 Å². The van der Waals surface area contributed by atoms with Gasteiger partial charge in [0.2, 0.25) is 11.8 Å². The first-order chi connectivity index (χ1) is 15.2. The first kappa shape index (κ1) is 23.1. The number of nitro benzene ring substituents is 1. The summed E-state index contributed by atoms with van der Waals surface area (Å²) < 4.78 is 0. The minimum atomic E-state index is -0.576. The van der Waals surface area contributed by atoms with Gasteiger partial charge in [-0.2, -0.15) is 0 Å². The zero-order valence-electron chi connectivity index (χ0n) is 18.3. The predicted molar refractivity (Wildman–Crippen MR) is 120 cm³/mol. The van der Waals surface area contributed by atoms with Crippen molar-refractivity contribution in [3.8, 4) is 0 Å². The number of carbonyl (C=O) groups excluding carboxylic acids is 3. The molecule has 0 radical (unpaired) electrons. The molecule has 3 rings (SSSR count). The van der Waals surface area contributed by atoms with Gasteiger partial charge in [-0.05, 0) is 24.3 Å². The highest BCUT2D eigenvalue weighted by Gasteiger charge is 2.38. The normalized spacial score (nSPS) is 14.6. The van der Waals surface area contributed by atoms with Gasteiger partial charge in [0, 0.05) is 44.6 Å². The number of amides is 2. The van der Waals surface area contributed by atoms with Gasteiger partial charge in [-0.1, -0.05) is 43.2 Å². The summed E-state index contributed by atoms with van der Waals surface area (Å²) in [7, 11) is 3.40. The van der Waals surface area contributed by atoms with Gasteiger partial charge in [-0.3, -0.25) is 24.5 Å². The van der Waals surface area contributed by atoms with Crippen molar-refractivity contribution in [3.05, 3.63) is 69.8 Å². The van der Waals surface area contributed by atoms with Crippen LogP contribution < -0.4 is 5.32 Å². The molecule has 1 saturated carbocycles. The van der Waals surface area contributed by atoms with Crippen LogP contribution in [-0.4, -0.2) is 41.5 Å². The Morgan fingerprint density at radius 3 is 2.28 bits per heavy atom. The summed E-state index contributed by atoms with van der Waals surface area (Å²) in [5, 5.41) is 14.0. The molecule has 2 aromatic rings. The molecule has 1 fully saturated rings. The quantitative estimate of drug-likeness (QED) is 0.378. The number of hydrogen-bond donors (Lipinski definition) is 1. The lowest BCUT2D eigenvalue weighted by atomic mass is 9.78. The summed E-state index contributed by atoms with van der Waals surface area (Å²) in [6, 6.07) is 12.2. The zero-order valence-corrected chi connectivity index (χ0v) is 18.3. The number of benzene rings is 2. The molecule has 0 spiro atoms. The fourth-order valence-electron chi connectivity index (χ4n) is 4.24. The number of nitrogens with zero attached hydrogens (tertiary/aromatic N) is 2. The van der Waals surface area contributed by atoms with Crippen LogP contribution in [0.1, 0.15) is 54.4 Å².